The number of hydrogen-bond acceptors (Lipinski definition) is 4. The highest BCUT2D eigenvalue weighted by molar-refractivity contribution is 7.90. The van der Waals surface area contributed by atoms with Gasteiger partial charge < -0.3 is 10.5 Å². The zero-order valence-electron chi connectivity index (χ0n) is 9.31. The molecular weight excluding hydrogens is 214 g/mol. The second kappa shape index (κ2) is 5.82. The van der Waals surface area contributed by atoms with Crippen molar-refractivity contribution in [3.8, 4) is 0 Å². The van der Waals surface area contributed by atoms with Gasteiger partial charge in [0.05, 0.1) is 11.9 Å². The zero-order chi connectivity index (χ0) is 11.3. The smallest absolute Gasteiger partial charge is 0.147 e. The monoisotopic (exact) mass is 235 g/mol. The molecule has 0 bridgehead atoms. The van der Waals surface area contributed by atoms with E-state index in [-0.39, 0.29) is 17.9 Å². The lowest BCUT2D eigenvalue weighted by molar-refractivity contribution is 0.0158. The van der Waals surface area contributed by atoms with Crippen molar-refractivity contribution >= 4 is 9.84 Å². The third-order valence-corrected chi connectivity index (χ3v) is 3.78. The summed E-state index contributed by atoms with van der Waals surface area (Å²) in [6.07, 6.45) is 6.35. The van der Waals surface area contributed by atoms with Crippen molar-refractivity contribution in [1.29, 1.82) is 0 Å². The van der Waals surface area contributed by atoms with Gasteiger partial charge >= 0.3 is 0 Å². The van der Waals surface area contributed by atoms with Crippen molar-refractivity contribution in [2.75, 3.05) is 18.6 Å². The molecule has 0 aromatic carbocycles. The fourth-order valence-corrected chi connectivity index (χ4v) is 2.53. The van der Waals surface area contributed by atoms with Gasteiger partial charge in [0.25, 0.3) is 0 Å². The molecule has 0 aromatic heterocycles. The largest absolute Gasteiger partial charge is 0.377 e. The van der Waals surface area contributed by atoms with Crippen molar-refractivity contribution in [3.63, 3.8) is 0 Å². The molecule has 0 aromatic rings. The molecule has 2 unspecified atom stereocenters. The van der Waals surface area contributed by atoms with Crippen LogP contribution < -0.4 is 5.73 Å². The minimum Gasteiger partial charge on any atom is -0.377 e. The topological polar surface area (TPSA) is 69.4 Å². The lowest BCUT2D eigenvalue weighted by Gasteiger charge is -2.28. The average Bonchev–Trinajstić information content (AvgIpc) is 2.13. The first-order valence-corrected chi connectivity index (χ1v) is 7.60. The van der Waals surface area contributed by atoms with E-state index in [1.807, 2.05) is 0 Å². The summed E-state index contributed by atoms with van der Waals surface area (Å²) in [5.41, 5.74) is 5.90. The molecule has 90 valence electrons. The van der Waals surface area contributed by atoms with Crippen LogP contribution >= 0.6 is 0 Å². The Hall–Kier alpha value is -0.130. The Morgan fingerprint density at radius 1 is 1.33 bits per heavy atom. The lowest BCUT2D eigenvalue weighted by Crippen LogP contribution is -2.39. The van der Waals surface area contributed by atoms with Crippen LogP contribution in [0.2, 0.25) is 0 Å². The molecule has 1 aliphatic rings. The van der Waals surface area contributed by atoms with Crippen molar-refractivity contribution in [2.45, 2.75) is 44.2 Å². The quantitative estimate of drug-likeness (QED) is 0.712. The number of ether oxygens (including phenoxy) is 1. The van der Waals surface area contributed by atoms with Gasteiger partial charge in [0.2, 0.25) is 0 Å². The first kappa shape index (κ1) is 12.9. The molecule has 5 heteroatoms. The van der Waals surface area contributed by atoms with Crippen LogP contribution in [-0.2, 0) is 14.6 Å². The Labute approximate surface area is 92.1 Å². The Morgan fingerprint density at radius 2 is 2.00 bits per heavy atom. The molecule has 1 fully saturated rings. The molecule has 1 aliphatic carbocycles. The van der Waals surface area contributed by atoms with E-state index in [1.165, 1.54) is 19.1 Å². The predicted molar refractivity (Wildman–Crippen MR) is 60.5 cm³/mol. The first-order valence-electron chi connectivity index (χ1n) is 5.54. The van der Waals surface area contributed by atoms with Crippen LogP contribution in [0.3, 0.4) is 0 Å². The zero-order valence-corrected chi connectivity index (χ0v) is 10.1. The van der Waals surface area contributed by atoms with Gasteiger partial charge in [-0.2, -0.15) is 0 Å². The van der Waals surface area contributed by atoms with Gasteiger partial charge in [0, 0.05) is 18.9 Å². The molecule has 15 heavy (non-hydrogen) atoms. The molecule has 0 aliphatic heterocycles. The summed E-state index contributed by atoms with van der Waals surface area (Å²) in [7, 11) is -2.85. The fraction of sp³-hybridized carbons (Fsp3) is 1.00. The molecule has 0 spiro atoms. The van der Waals surface area contributed by atoms with Crippen LogP contribution in [0.1, 0.15) is 32.1 Å². The maximum atomic E-state index is 10.9. The molecule has 2 atom stereocenters. The van der Waals surface area contributed by atoms with E-state index in [1.54, 1.807) is 0 Å². The van der Waals surface area contributed by atoms with Crippen LogP contribution in [0.5, 0.6) is 0 Å². The van der Waals surface area contributed by atoms with Gasteiger partial charge in [-0.15, -0.1) is 0 Å². The van der Waals surface area contributed by atoms with E-state index in [4.69, 9.17) is 10.5 Å². The molecule has 0 saturated heterocycles. The third-order valence-electron chi connectivity index (χ3n) is 2.75. The van der Waals surface area contributed by atoms with E-state index in [9.17, 15) is 8.42 Å². The van der Waals surface area contributed by atoms with Crippen molar-refractivity contribution < 1.29 is 13.2 Å². The second-order valence-electron chi connectivity index (χ2n) is 4.34. The molecule has 0 radical (unpaired) electrons. The Bertz CT molecular complexity index is 276. The summed E-state index contributed by atoms with van der Waals surface area (Å²) in [4.78, 5) is 0. The summed E-state index contributed by atoms with van der Waals surface area (Å²) in [5.74, 6) is 0.203. The average molecular weight is 235 g/mol. The van der Waals surface area contributed by atoms with Gasteiger partial charge in [-0.25, -0.2) is 8.42 Å². The Balaban J connectivity index is 2.14. The summed E-state index contributed by atoms with van der Waals surface area (Å²) < 4.78 is 27.3. The fourth-order valence-electron chi connectivity index (χ4n) is 1.89. The minimum absolute atomic E-state index is 0.136. The van der Waals surface area contributed by atoms with Gasteiger partial charge in [-0.05, 0) is 19.3 Å². The van der Waals surface area contributed by atoms with Crippen molar-refractivity contribution in [3.05, 3.63) is 0 Å². The number of hydrogen-bond donors (Lipinski definition) is 1. The summed E-state index contributed by atoms with van der Waals surface area (Å²) in [6, 6.07) is 0.136. The van der Waals surface area contributed by atoms with Gasteiger partial charge in [0.15, 0.2) is 0 Å². The molecule has 0 heterocycles. The van der Waals surface area contributed by atoms with Gasteiger partial charge in [0.1, 0.15) is 9.84 Å². The number of nitrogens with two attached hydrogens (primary N) is 1. The summed E-state index contributed by atoms with van der Waals surface area (Å²) in [6.45, 7) is 0.505. The van der Waals surface area contributed by atoms with E-state index in [2.05, 4.69) is 0 Å². The van der Waals surface area contributed by atoms with Gasteiger partial charge in [-0.1, -0.05) is 12.8 Å². The SMILES string of the molecule is CS(=O)(=O)CCCOC1CCCCC1N. The van der Waals surface area contributed by atoms with E-state index >= 15 is 0 Å². The van der Waals surface area contributed by atoms with Gasteiger partial charge in [-0.3, -0.25) is 0 Å². The van der Waals surface area contributed by atoms with Crippen LogP contribution in [0.25, 0.3) is 0 Å². The highest BCUT2D eigenvalue weighted by Gasteiger charge is 2.21. The maximum Gasteiger partial charge on any atom is 0.147 e. The lowest BCUT2D eigenvalue weighted by atomic mass is 9.93. The van der Waals surface area contributed by atoms with E-state index in [0.29, 0.717) is 13.0 Å². The summed E-state index contributed by atoms with van der Waals surface area (Å²) >= 11 is 0. The van der Waals surface area contributed by atoms with Crippen LogP contribution in [0, 0.1) is 0 Å². The predicted octanol–water partition coefficient (Wildman–Crippen LogP) is 0.708. The van der Waals surface area contributed by atoms with Crippen molar-refractivity contribution in [2.24, 2.45) is 5.73 Å². The van der Waals surface area contributed by atoms with E-state index in [0.717, 1.165) is 12.8 Å². The Morgan fingerprint density at radius 3 is 2.60 bits per heavy atom. The van der Waals surface area contributed by atoms with Crippen LogP contribution in [0.4, 0.5) is 0 Å². The molecule has 2 N–H and O–H groups in total. The molecule has 4 nitrogen and oxygen atoms in total. The highest BCUT2D eigenvalue weighted by Crippen LogP contribution is 2.19. The number of rotatable bonds is 5. The normalized spacial score (nSPS) is 27.9. The van der Waals surface area contributed by atoms with Crippen molar-refractivity contribution in [1.82, 2.24) is 0 Å². The molecule has 1 rings (SSSR count). The summed E-state index contributed by atoms with van der Waals surface area (Å²) in [5, 5.41) is 0. The maximum absolute atomic E-state index is 10.9. The molecule has 0 amide bonds. The molecular formula is C10H21NO3S. The number of sulfone groups is 1. The van der Waals surface area contributed by atoms with Crippen LogP contribution in [0.15, 0.2) is 0 Å². The van der Waals surface area contributed by atoms with Crippen LogP contribution in [-0.4, -0.2) is 39.2 Å². The van der Waals surface area contributed by atoms with E-state index < -0.39 is 9.84 Å². The molecule has 1 saturated carbocycles. The minimum atomic E-state index is -2.85. The second-order valence-corrected chi connectivity index (χ2v) is 6.60. The third kappa shape index (κ3) is 5.49. The Kier molecular flexibility index (Phi) is 5.02. The standard InChI is InChI=1S/C10H21NO3S/c1-15(12,13)8-4-7-14-10-6-3-2-5-9(10)11/h9-10H,2-8,11H2,1H3. The highest BCUT2D eigenvalue weighted by atomic mass is 32.2. The first-order chi connectivity index (χ1) is 6.99.